The predicted octanol–water partition coefficient (Wildman–Crippen LogP) is 2.59. The van der Waals surface area contributed by atoms with Gasteiger partial charge in [-0.25, -0.2) is 4.39 Å². The van der Waals surface area contributed by atoms with E-state index >= 15 is 0 Å². The van der Waals surface area contributed by atoms with Gasteiger partial charge in [-0.1, -0.05) is 12.1 Å². The molecule has 2 aliphatic heterocycles. The molecule has 2 aromatic carbocycles. The number of Topliss-reactive ketones (excluding diaryl/α,β-unsaturated/α-hetero) is 1. The van der Waals surface area contributed by atoms with Gasteiger partial charge in [0.05, 0.1) is 31.9 Å². The van der Waals surface area contributed by atoms with Crippen molar-refractivity contribution in [2.75, 3.05) is 46.5 Å². The van der Waals surface area contributed by atoms with E-state index in [9.17, 15) is 19.1 Å². The minimum Gasteiger partial charge on any atom is -0.507 e. The van der Waals surface area contributed by atoms with Gasteiger partial charge in [-0.05, 0) is 42.0 Å². The predicted molar refractivity (Wildman–Crippen MR) is 116 cm³/mol. The smallest absolute Gasteiger partial charge is 0.295 e. The lowest BCUT2D eigenvalue weighted by molar-refractivity contribution is -0.140. The normalized spacial score (nSPS) is 21.2. The zero-order valence-corrected chi connectivity index (χ0v) is 17.8. The summed E-state index contributed by atoms with van der Waals surface area (Å²) in [5.74, 6) is -1.52. The first-order chi connectivity index (χ1) is 15.5. The van der Waals surface area contributed by atoms with Crippen molar-refractivity contribution < 1.29 is 28.6 Å². The Hall–Kier alpha value is -3.23. The molecule has 0 unspecified atom stereocenters. The lowest BCUT2D eigenvalue weighted by atomic mass is 9.95. The van der Waals surface area contributed by atoms with Crippen LogP contribution in [0.5, 0.6) is 5.75 Å². The molecule has 7 nitrogen and oxygen atoms in total. The van der Waals surface area contributed by atoms with Crippen molar-refractivity contribution in [3.63, 3.8) is 0 Å². The molecule has 4 rings (SSSR count). The summed E-state index contributed by atoms with van der Waals surface area (Å²) in [7, 11) is 1.53. The summed E-state index contributed by atoms with van der Waals surface area (Å²) in [4.78, 5) is 29.6. The average Bonchev–Trinajstić information content (AvgIpc) is 3.08. The highest BCUT2D eigenvalue weighted by atomic mass is 19.1. The molecule has 32 heavy (non-hydrogen) atoms. The molecule has 2 fully saturated rings. The van der Waals surface area contributed by atoms with E-state index in [2.05, 4.69) is 4.90 Å². The van der Waals surface area contributed by atoms with E-state index in [1.165, 1.54) is 36.3 Å². The van der Waals surface area contributed by atoms with Gasteiger partial charge in [-0.2, -0.15) is 0 Å². The van der Waals surface area contributed by atoms with Crippen LogP contribution in [0.15, 0.2) is 54.1 Å². The molecule has 2 aliphatic rings. The number of ether oxygens (including phenoxy) is 2. The Morgan fingerprint density at radius 3 is 2.34 bits per heavy atom. The van der Waals surface area contributed by atoms with Gasteiger partial charge in [0, 0.05) is 31.7 Å². The van der Waals surface area contributed by atoms with Gasteiger partial charge in [0.25, 0.3) is 11.7 Å². The van der Waals surface area contributed by atoms with Crippen LogP contribution in [-0.4, -0.2) is 73.1 Å². The first kappa shape index (κ1) is 22.0. The summed E-state index contributed by atoms with van der Waals surface area (Å²) in [5, 5.41) is 11.0. The van der Waals surface area contributed by atoms with Gasteiger partial charge in [0.15, 0.2) is 0 Å². The third-order valence-corrected chi connectivity index (χ3v) is 5.85. The van der Waals surface area contributed by atoms with Gasteiger partial charge in [-0.3, -0.25) is 14.5 Å². The van der Waals surface area contributed by atoms with Crippen molar-refractivity contribution in [3.05, 3.63) is 71.0 Å². The zero-order valence-electron chi connectivity index (χ0n) is 17.8. The van der Waals surface area contributed by atoms with Crippen LogP contribution in [0.1, 0.15) is 17.2 Å². The molecule has 168 valence electrons. The second-order valence-corrected chi connectivity index (χ2v) is 7.73. The fourth-order valence-corrected chi connectivity index (χ4v) is 4.08. The Labute approximate surface area is 185 Å². The fraction of sp³-hybridized carbons (Fsp3) is 0.333. The molecule has 2 saturated heterocycles. The van der Waals surface area contributed by atoms with Crippen LogP contribution in [0.4, 0.5) is 4.39 Å². The molecule has 0 bridgehead atoms. The molecule has 1 atom stereocenters. The highest BCUT2D eigenvalue weighted by Crippen LogP contribution is 2.39. The van der Waals surface area contributed by atoms with E-state index in [1.807, 2.05) is 0 Å². The van der Waals surface area contributed by atoms with E-state index in [1.54, 1.807) is 24.3 Å². The maximum Gasteiger partial charge on any atom is 0.295 e. The van der Waals surface area contributed by atoms with Crippen molar-refractivity contribution >= 4 is 17.4 Å². The van der Waals surface area contributed by atoms with Gasteiger partial charge in [0.1, 0.15) is 17.3 Å². The van der Waals surface area contributed by atoms with Crippen LogP contribution in [0.2, 0.25) is 0 Å². The highest BCUT2D eigenvalue weighted by Gasteiger charge is 2.46. The Bertz CT molecular complexity index is 1010. The minimum absolute atomic E-state index is 0.00578. The van der Waals surface area contributed by atoms with Crippen LogP contribution >= 0.6 is 0 Å². The molecule has 2 heterocycles. The van der Waals surface area contributed by atoms with Crippen LogP contribution in [-0.2, 0) is 14.3 Å². The van der Waals surface area contributed by atoms with E-state index in [-0.39, 0.29) is 11.3 Å². The summed E-state index contributed by atoms with van der Waals surface area (Å²) in [6.45, 7) is 3.60. The lowest BCUT2D eigenvalue weighted by Crippen LogP contribution is -2.42. The number of likely N-dealkylation sites (tertiary alicyclic amines) is 1. The largest absolute Gasteiger partial charge is 0.507 e. The summed E-state index contributed by atoms with van der Waals surface area (Å²) in [6.07, 6.45) is 0. The standard InChI is InChI=1S/C24H25FN2O5/c1-31-19-8-4-17(5-9-19)22(28)20-21(16-2-6-18(25)7-3-16)27(24(30)23(20)29)11-10-26-12-14-32-15-13-26/h2-9,21,28H,10-15H2,1H3/t21-/m0/s1. The van der Waals surface area contributed by atoms with Gasteiger partial charge in [-0.15, -0.1) is 0 Å². The molecule has 0 spiro atoms. The first-order valence-electron chi connectivity index (χ1n) is 10.5. The Morgan fingerprint density at radius 2 is 1.72 bits per heavy atom. The summed E-state index contributed by atoms with van der Waals surface area (Å²) < 4.78 is 24.1. The number of carbonyl (C=O) groups is 2. The van der Waals surface area contributed by atoms with Crippen molar-refractivity contribution in [2.24, 2.45) is 0 Å². The van der Waals surface area contributed by atoms with Crippen LogP contribution in [0.3, 0.4) is 0 Å². The molecule has 0 aliphatic carbocycles. The number of halogens is 1. The molecule has 2 aromatic rings. The van der Waals surface area contributed by atoms with E-state index < -0.39 is 23.5 Å². The Morgan fingerprint density at radius 1 is 1.06 bits per heavy atom. The molecule has 0 saturated carbocycles. The van der Waals surface area contributed by atoms with Crippen LogP contribution in [0, 0.1) is 5.82 Å². The number of amides is 1. The molecular formula is C24H25FN2O5. The average molecular weight is 440 g/mol. The number of aliphatic hydroxyl groups excluding tert-OH is 1. The lowest BCUT2D eigenvalue weighted by Gasteiger charge is -2.31. The summed E-state index contributed by atoms with van der Waals surface area (Å²) in [6, 6.07) is 11.4. The highest BCUT2D eigenvalue weighted by molar-refractivity contribution is 6.46. The molecule has 1 amide bonds. The topological polar surface area (TPSA) is 79.3 Å². The number of morpholine rings is 1. The van der Waals surface area contributed by atoms with Crippen LogP contribution in [0.25, 0.3) is 5.76 Å². The Kier molecular flexibility index (Phi) is 6.53. The van der Waals surface area contributed by atoms with Crippen molar-refractivity contribution in [1.82, 2.24) is 9.80 Å². The molecule has 8 heteroatoms. The minimum atomic E-state index is -0.807. The SMILES string of the molecule is COc1ccc(C(O)=C2C(=O)C(=O)N(CCN3CCOCC3)[C@H]2c2ccc(F)cc2)cc1. The molecule has 1 N–H and O–H groups in total. The van der Waals surface area contributed by atoms with Gasteiger partial charge >= 0.3 is 0 Å². The number of ketones is 1. The summed E-state index contributed by atoms with van der Waals surface area (Å²) >= 11 is 0. The van der Waals surface area contributed by atoms with Crippen molar-refractivity contribution in [2.45, 2.75) is 6.04 Å². The van der Waals surface area contributed by atoms with Gasteiger partial charge < -0.3 is 19.5 Å². The first-order valence-corrected chi connectivity index (χ1v) is 10.5. The zero-order chi connectivity index (χ0) is 22.7. The third-order valence-electron chi connectivity index (χ3n) is 5.85. The summed E-state index contributed by atoms with van der Waals surface area (Å²) in [5.41, 5.74) is 0.945. The van der Waals surface area contributed by atoms with Crippen LogP contribution < -0.4 is 4.74 Å². The number of hydrogen-bond donors (Lipinski definition) is 1. The number of nitrogens with zero attached hydrogens (tertiary/aromatic N) is 2. The maximum absolute atomic E-state index is 13.6. The number of benzene rings is 2. The monoisotopic (exact) mass is 440 g/mol. The second-order valence-electron chi connectivity index (χ2n) is 7.73. The van der Waals surface area contributed by atoms with Gasteiger partial charge in [0.2, 0.25) is 0 Å². The van der Waals surface area contributed by atoms with E-state index in [0.29, 0.717) is 43.2 Å². The molecule has 0 aromatic heterocycles. The van der Waals surface area contributed by atoms with E-state index in [0.717, 1.165) is 13.1 Å². The number of methoxy groups -OCH3 is 1. The maximum atomic E-state index is 13.6. The number of rotatable bonds is 6. The fourth-order valence-electron chi connectivity index (χ4n) is 4.08. The molecular weight excluding hydrogens is 415 g/mol. The van der Waals surface area contributed by atoms with Crippen molar-refractivity contribution in [1.29, 1.82) is 0 Å². The number of carbonyl (C=O) groups excluding carboxylic acids is 2. The molecule has 0 radical (unpaired) electrons. The van der Waals surface area contributed by atoms with Crippen molar-refractivity contribution in [3.8, 4) is 5.75 Å². The second kappa shape index (κ2) is 9.50. The number of aliphatic hydroxyl groups is 1. The quantitative estimate of drug-likeness (QED) is 0.423. The van der Waals surface area contributed by atoms with E-state index in [4.69, 9.17) is 9.47 Å². The third kappa shape index (κ3) is 4.37. The number of hydrogen-bond acceptors (Lipinski definition) is 6. The Balaban J connectivity index is 1.71.